The molecule has 0 aliphatic rings. The second-order valence-electron chi connectivity index (χ2n) is 15.1. The highest BCUT2D eigenvalue weighted by Crippen LogP contribution is 2.44. The molecule has 0 saturated carbocycles. The topological polar surface area (TPSA) is 50.8 Å². The molecule has 0 bridgehead atoms. The molecule has 0 radical (unpaired) electrons. The molecule has 0 amide bonds. The molecule has 3 nitrogen and oxygen atoms in total. The van der Waals surface area contributed by atoms with Crippen molar-refractivity contribution in [2.24, 2.45) is 0 Å². The lowest BCUT2D eigenvalue weighted by atomic mass is 10.1. The molecule has 0 N–H and O–H groups in total. The van der Waals surface area contributed by atoms with Crippen LogP contribution in [0, 0.1) is 22.7 Å². The fraction of sp³-hybridized carbons (Fsp3) is 0.154. The molecule has 3 aromatic carbocycles. The van der Waals surface area contributed by atoms with Crippen LogP contribution in [0.1, 0.15) is 61.1 Å². The van der Waals surface area contributed by atoms with Gasteiger partial charge in [0.2, 0.25) is 0 Å². The summed E-state index contributed by atoms with van der Waals surface area (Å²) < 4.78 is 4.98. The summed E-state index contributed by atoms with van der Waals surface area (Å²) in [7, 11) is 0. The van der Waals surface area contributed by atoms with Crippen LogP contribution in [0.25, 0.3) is 72.0 Å². The van der Waals surface area contributed by atoms with Gasteiger partial charge in [-0.3, -0.25) is 0 Å². The highest BCUT2D eigenvalue weighted by Gasteiger charge is 2.17. The first-order chi connectivity index (χ1) is 29.8. The average molecular weight is 900 g/mol. The summed E-state index contributed by atoms with van der Waals surface area (Å²) in [5, 5.41) is 18.5. The number of allylic oxidation sites excluding steroid dienone is 2. The number of rotatable bonds is 14. The number of nitrogens with zero attached hydrogens (tertiary/aromatic N) is 3. The lowest BCUT2D eigenvalue weighted by Crippen LogP contribution is -2.09. The van der Waals surface area contributed by atoms with E-state index in [1.807, 2.05) is 48.7 Å². The Hall–Kier alpha value is -5.36. The van der Waals surface area contributed by atoms with E-state index in [4.69, 9.17) is 0 Å². The molecule has 0 aliphatic heterocycles. The van der Waals surface area contributed by atoms with Crippen molar-refractivity contribution in [1.29, 1.82) is 10.5 Å². The van der Waals surface area contributed by atoms with Crippen LogP contribution in [-0.2, 0) is 6.42 Å². The summed E-state index contributed by atoms with van der Waals surface area (Å²) in [5.41, 5.74) is 8.32. The van der Waals surface area contributed by atoms with Gasteiger partial charge < -0.3 is 4.90 Å². The van der Waals surface area contributed by atoms with Crippen LogP contribution in [0.3, 0.4) is 0 Å². The molecule has 9 aromatic rings. The fourth-order valence-corrected chi connectivity index (χ4v) is 14.4. The molecule has 0 aliphatic carbocycles. The highest BCUT2D eigenvalue weighted by atomic mass is 32.1. The number of hydrogen-bond acceptors (Lipinski definition) is 9. The molecule has 300 valence electrons. The Morgan fingerprint density at radius 3 is 1.39 bits per heavy atom. The molecule has 0 atom stereocenters. The fourth-order valence-electron chi connectivity index (χ4n) is 7.39. The number of benzene rings is 3. The first kappa shape index (κ1) is 41.0. The van der Waals surface area contributed by atoms with Gasteiger partial charge in [0.15, 0.2) is 0 Å². The molecule has 6 aromatic heterocycles. The molecule has 0 saturated heterocycles. The van der Waals surface area contributed by atoms with E-state index in [-0.39, 0.29) is 0 Å². The summed E-state index contributed by atoms with van der Waals surface area (Å²) in [6, 6.07) is 49.4. The van der Waals surface area contributed by atoms with Crippen molar-refractivity contribution in [1.82, 2.24) is 0 Å². The zero-order chi connectivity index (χ0) is 41.9. The number of unbranched alkanes of at least 4 members (excludes halogenated alkanes) is 3. The Labute approximate surface area is 381 Å². The predicted octanol–water partition coefficient (Wildman–Crippen LogP) is 18.5. The average Bonchev–Trinajstić information content (AvgIpc) is 4.14. The molecule has 6 heterocycles. The molecule has 61 heavy (non-hydrogen) atoms. The van der Waals surface area contributed by atoms with Gasteiger partial charge in [0, 0.05) is 86.0 Å². The van der Waals surface area contributed by atoms with Gasteiger partial charge >= 0.3 is 0 Å². The third-order valence-corrected chi connectivity index (χ3v) is 17.6. The largest absolute Gasteiger partial charge is 0.311 e. The van der Waals surface area contributed by atoms with E-state index < -0.39 is 0 Å². The van der Waals surface area contributed by atoms with E-state index in [9.17, 15) is 10.5 Å². The van der Waals surface area contributed by atoms with Crippen molar-refractivity contribution >= 4 is 116 Å². The maximum Gasteiger partial charge on any atom is 0.0944 e. The molecule has 0 fully saturated rings. The van der Waals surface area contributed by atoms with Crippen LogP contribution in [0.15, 0.2) is 132 Å². The second-order valence-corrected chi connectivity index (χ2v) is 21.7. The van der Waals surface area contributed by atoms with Gasteiger partial charge in [-0.2, -0.15) is 10.5 Å². The first-order valence-corrected chi connectivity index (χ1v) is 25.3. The number of aryl methyl sites for hydroxylation is 1. The van der Waals surface area contributed by atoms with Gasteiger partial charge in [-0.05, 0) is 140 Å². The van der Waals surface area contributed by atoms with E-state index in [0.717, 1.165) is 38.0 Å². The minimum absolute atomic E-state index is 0.719. The number of nitriles is 2. The van der Waals surface area contributed by atoms with Crippen molar-refractivity contribution in [3.63, 3.8) is 0 Å². The van der Waals surface area contributed by atoms with Crippen LogP contribution < -0.4 is 4.90 Å². The summed E-state index contributed by atoms with van der Waals surface area (Å²) in [6.45, 7) is 5.97. The van der Waals surface area contributed by atoms with Crippen molar-refractivity contribution in [3.05, 3.63) is 147 Å². The van der Waals surface area contributed by atoms with Gasteiger partial charge in [-0.15, -0.1) is 68.0 Å². The van der Waals surface area contributed by atoms with Crippen molar-refractivity contribution in [3.8, 4) is 53.2 Å². The quantitative estimate of drug-likeness (QED) is 0.0807. The number of anilines is 3. The van der Waals surface area contributed by atoms with E-state index in [0.29, 0.717) is 0 Å². The summed E-state index contributed by atoms with van der Waals surface area (Å²) in [5.74, 6) is 0. The Morgan fingerprint density at radius 2 is 0.918 bits per heavy atom. The van der Waals surface area contributed by atoms with Gasteiger partial charge in [-0.25, -0.2) is 0 Å². The normalized spacial score (nSPS) is 12.0. The third-order valence-electron chi connectivity index (χ3n) is 10.5. The van der Waals surface area contributed by atoms with Crippen LogP contribution in [0.2, 0.25) is 0 Å². The zero-order valence-electron chi connectivity index (χ0n) is 34.0. The first-order valence-electron chi connectivity index (χ1n) is 20.4. The van der Waals surface area contributed by atoms with Crippen molar-refractivity contribution in [2.75, 3.05) is 4.90 Å². The lowest BCUT2D eigenvalue weighted by Gasteiger charge is -2.26. The third kappa shape index (κ3) is 9.15. The predicted molar refractivity (Wildman–Crippen MR) is 272 cm³/mol. The lowest BCUT2D eigenvalue weighted by molar-refractivity contribution is 0.670. The zero-order valence-corrected chi connectivity index (χ0v) is 38.9. The minimum Gasteiger partial charge on any atom is -0.311 e. The van der Waals surface area contributed by atoms with Gasteiger partial charge in [0.05, 0.1) is 12.1 Å². The van der Waals surface area contributed by atoms with E-state index in [1.165, 1.54) is 96.9 Å². The van der Waals surface area contributed by atoms with Crippen LogP contribution in [0.5, 0.6) is 0 Å². The SMILES string of the molecule is CCCCCCc1ccc(-c2ccc(-c3ccc(N(c4ccc(-c5cc6sc(/C=C(/C)C#N)cc6s5)cc4)c4ccc(-c5cc6sc(/C=C(/C)C#N)cc6s5)cc4)cc3)s2)s1. The van der Waals surface area contributed by atoms with Crippen molar-refractivity contribution in [2.45, 2.75) is 52.9 Å². The second kappa shape index (κ2) is 18.3. The van der Waals surface area contributed by atoms with E-state index in [2.05, 4.69) is 145 Å². The smallest absolute Gasteiger partial charge is 0.0944 e. The minimum atomic E-state index is 0.719. The highest BCUT2D eigenvalue weighted by molar-refractivity contribution is 7.30. The molecule has 0 spiro atoms. The maximum absolute atomic E-state index is 9.24. The van der Waals surface area contributed by atoms with Crippen LogP contribution in [0.4, 0.5) is 17.1 Å². The molecular formula is C52H41N3S6. The number of hydrogen-bond donors (Lipinski definition) is 0. The van der Waals surface area contributed by atoms with Crippen molar-refractivity contribution < 1.29 is 0 Å². The molecular weight excluding hydrogens is 859 g/mol. The van der Waals surface area contributed by atoms with Gasteiger partial charge in [0.25, 0.3) is 0 Å². The maximum atomic E-state index is 9.24. The Kier molecular flexibility index (Phi) is 12.3. The van der Waals surface area contributed by atoms with Crippen LogP contribution in [-0.4, -0.2) is 0 Å². The number of fused-ring (bicyclic) bond motifs is 2. The summed E-state index contributed by atoms with van der Waals surface area (Å²) in [6.07, 6.45) is 10.3. The summed E-state index contributed by atoms with van der Waals surface area (Å²) in [4.78, 5) is 12.5. The molecule has 9 rings (SSSR count). The van der Waals surface area contributed by atoms with Gasteiger partial charge in [-0.1, -0.05) is 62.6 Å². The Morgan fingerprint density at radius 1 is 0.475 bits per heavy atom. The standard InChI is InChI=1S/C52H41N3S6/c1-4-5-6-7-8-41-21-22-45(56-41)46-24-23-44(59-46)35-9-15-38(16-10-35)55(39-17-11-36(12-18-39)47-29-51-49(60-47)27-42(57-51)25-33(2)31-53)40-19-13-37(14-20-40)48-30-52-50(61-48)28-43(58-52)26-34(3)32-54/h9-30H,4-8H2,1-3H3/b33-25-,34-26-. The Balaban J connectivity index is 0.995. The molecule has 0 unspecified atom stereocenters. The van der Waals surface area contributed by atoms with E-state index >= 15 is 0 Å². The van der Waals surface area contributed by atoms with Gasteiger partial charge in [0.1, 0.15) is 0 Å². The summed E-state index contributed by atoms with van der Waals surface area (Å²) >= 11 is 10.9. The number of thiophene rings is 6. The monoisotopic (exact) mass is 899 g/mol. The van der Waals surface area contributed by atoms with Crippen LogP contribution >= 0.6 is 68.0 Å². The van der Waals surface area contributed by atoms with E-state index in [1.54, 1.807) is 45.3 Å². The Bertz CT molecular complexity index is 2900. The molecule has 9 heteroatoms.